The molecule has 0 saturated carbocycles. The van der Waals surface area contributed by atoms with Gasteiger partial charge in [-0.05, 0) is 37.1 Å². The number of nitrogens with one attached hydrogen (secondary N) is 1. The molecule has 0 radical (unpaired) electrons. The standard InChI is InChI=1S/C13H12F3NO3/c1-7(13(14,15)16)20-12(19)9-2-4-10-8(6-9)3-5-11(18)17-10/h2,4,6-7H,3,5H2,1H3,(H,17,18)/t7-/m1/s1. The van der Waals surface area contributed by atoms with E-state index in [2.05, 4.69) is 10.1 Å². The van der Waals surface area contributed by atoms with Crippen LogP contribution < -0.4 is 5.32 Å². The Hall–Kier alpha value is -2.05. The molecule has 1 aliphatic heterocycles. The minimum atomic E-state index is -4.59. The lowest BCUT2D eigenvalue weighted by Crippen LogP contribution is -2.31. The number of esters is 1. The third kappa shape index (κ3) is 3.09. The zero-order valence-corrected chi connectivity index (χ0v) is 10.6. The number of rotatable bonds is 2. The second-order valence-electron chi connectivity index (χ2n) is 4.51. The van der Waals surface area contributed by atoms with Crippen molar-refractivity contribution in [1.29, 1.82) is 0 Å². The molecule has 1 aliphatic rings. The highest BCUT2D eigenvalue weighted by molar-refractivity contribution is 5.96. The summed E-state index contributed by atoms with van der Waals surface area (Å²) in [5.41, 5.74) is 1.32. The molecule has 1 aromatic rings. The van der Waals surface area contributed by atoms with E-state index < -0.39 is 18.2 Å². The number of carbonyl (C=O) groups excluding carboxylic acids is 2. The topological polar surface area (TPSA) is 55.4 Å². The molecule has 108 valence electrons. The van der Waals surface area contributed by atoms with E-state index in [1.807, 2.05) is 0 Å². The van der Waals surface area contributed by atoms with Crippen LogP contribution in [0.25, 0.3) is 0 Å². The fraction of sp³-hybridized carbons (Fsp3) is 0.385. The maximum absolute atomic E-state index is 12.3. The number of hydrogen-bond acceptors (Lipinski definition) is 3. The number of hydrogen-bond donors (Lipinski definition) is 1. The first-order valence-electron chi connectivity index (χ1n) is 5.98. The molecular weight excluding hydrogens is 275 g/mol. The average molecular weight is 287 g/mol. The largest absolute Gasteiger partial charge is 0.449 e. The molecule has 1 heterocycles. The molecule has 1 N–H and O–H groups in total. The molecule has 4 nitrogen and oxygen atoms in total. The van der Waals surface area contributed by atoms with E-state index in [4.69, 9.17) is 0 Å². The third-order valence-corrected chi connectivity index (χ3v) is 2.98. The van der Waals surface area contributed by atoms with E-state index >= 15 is 0 Å². The van der Waals surface area contributed by atoms with E-state index in [1.165, 1.54) is 18.2 Å². The fourth-order valence-corrected chi connectivity index (χ4v) is 1.81. The normalized spacial score (nSPS) is 16.1. The number of amides is 1. The summed E-state index contributed by atoms with van der Waals surface area (Å²) >= 11 is 0. The van der Waals surface area contributed by atoms with Crippen LogP contribution in [0, 0.1) is 0 Å². The van der Waals surface area contributed by atoms with Gasteiger partial charge in [0.25, 0.3) is 0 Å². The number of alkyl halides is 3. The van der Waals surface area contributed by atoms with Gasteiger partial charge in [-0.2, -0.15) is 13.2 Å². The van der Waals surface area contributed by atoms with E-state index in [9.17, 15) is 22.8 Å². The molecule has 0 spiro atoms. The molecule has 1 amide bonds. The Morgan fingerprint density at radius 2 is 2.05 bits per heavy atom. The van der Waals surface area contributed by atoms with Gasteiger partial charge < -0.3 is 10.1 Å². The Balaban J connectivity index is 2.14. The lowest BCUT2D eigenvalue weighted by atomic mass is 10.0. The highest BCUT2D eigenvalue weighted by Gasteiger charge is 2.39. The molecule has 0 aliphatic carbocycles. The van der Waals surface area contributed by atoms with Crippen molar-refractivity contribution in [3.8, 4) is 0 Å². The molecule has 1 atom stereocenters. The summed E-state index contributed by atoms with van der Waals surface area (Å²) < 4.78 is 41.3. The fourth-order valence-electron chi connectivity index (χ4n) is 1.81. The van der Waals surface area contributed by atoms with Crippen LogP contribution in [0.5, 0.6) is 0 Å². The van der Waals surface area contributed by atoms with Crippen LogP contribution in [0.15, 0.2) is 18.2 Å². The molecule has 0 fully saturated rings. The number of anilines is 1. The summed E-state index contributed by atoms with van der Waals surface area (Å²) in [5, 5.41) is 2.62. The predicted molar refractivity (Wildman–Crippen MR) is 64.3 cm³/mol. The van der Waals surface area contributed by atoms with E-state index in [0.29, 0.717) is 17.7 Å². The van der Waals surface area contributed by atoms with Crippen molar-refractivity contribution in [2.24, 2.45) is 0 Å². The van der Waals surface area contributed by atoms with E-state index in [0.717, 1.165) is 6.92 Å². The third-order valence-electron chi connectivity index (χ3n) is 2.98. The maximum Gasteiger partial charge on any atom is 0.425 e. The highest BCUT2D eigenvalue weighted by Crippen LogP contribution is 2.26. The molecule has 1 aromatic carbocycles. The van der Waals surface area contributed by atoms with Gasteiger partial charge in [0.1, 0.15) is 0 Å². The molecule has 0 unspecified atom stereocenters. The summed E-state index contributed by atoms with van der Waals surface area (Å²) in [4.78, 5) is 22.8. The number of carbonyl (C=O) groups is 2. The smallest absolute Gasteiger partial charge is 0.425 e. The molecule has 7 heteroatoms. The Bertz CT molecular complexity index is 554. The van der Waals surface area contributed by atoms with Crippen LogP contribution in [-0.4, -0.2) is 24.2 Å². The molecule has 2 rings (SSSR count). The zero-order chi connectivity index (χ0) is 14.9. The van der Waals surface area contributed by atoms with E-state index in [1.54, 1.807) is 0 Å². The monoisotopic (exact) mass is 287 g/mol. The van der Waals surface area contributed by atoms with Crippen molar-refractivity contribution >= 4 is 17.6 Å². The van der Waals surface area contributed by atoms with Crippen molar-refractivity contribution in [3.05, 3.63) is 29.3 Å². The van der Waals surface area contributed by atoms with Gasteiger partial charge in [-0.3, -0.25) is 4.79 Å². The first-order valence-corrected chi connectivity index (χ1v) is 5.98. The minimum Gasteiger partial charge on any atom is -0.449 e. The minimum absolute atomic E-state index is 0.0380. The van der Waals surface area contributed by atoms with Crippen LogP contribution in [0.1, 0.15) is 29.3 Å². The number of benzene rings is 1. The lowest BCUT2D eigenvalue weighted by molar-refractivity contribution is -0.198. The second-order valence-corrected chi connectivity index (χ2v) is 4.51. The Morgan fingerprint density at radius 1 is 1.35 bits per heavy atom. The van der Waals surface area contributed by atoms with Gasteiger partial charge in [-0.1, -0.05) is 0 Å². The molecular formula is C13H12F3NO3. The van der Waals surface area contributed by atoms with Crippen molar-refractivity contribution in [3.63, 3.8) is 0 Å². The van der Waals surface area contributed by atoms with Gasteiger partial charge >= 0.3 is 12.1 Å². The summed E-state index contributed by atoms with van der Waals surface area (Å²) in [6.45, 7) is 0.774. The summed E-state index contributed by atoms with van der Waals surface area (Å²) in [6.07, 6.45) is -6.02. The first-order chi connectivity index (χ1) is 9.27. The van der Waals surface area contributed by atoms with Gasteiger partial charge in [0, 0.05) is 12.1 Å². The van der Waals surface area contributed by atoms with Gasteiger partial charge in [0.2, 0.25) is 5.91 Å². The van der Waals surface area contributed by atoms with Gasteiger partial charge in [-0.25, -0.2) is 4.79 Å². The van der Waals surface area contributed by atoms with Gasteiger partial charge in [0.05, 0.1) is 5.56 Å². The van der Waals surface area contributed by atoms with Crippen molar-refractivity contribution in [2.75, 3.05) is 5.32 Å². The van der Waals surface area contributed by atoms with Crippen molar-refractivity contribution in [2.45, 2.75) is 32.0 Å². The van der Waals surface area contributed by atoms with Crippen LogP contribution in [0.3, 0.4) is 0 Å². The molecule has 0 saturated heterocycles. The zero-order valence-electron chi connectivity index (χ0n) is 10.6. The average Bonchev–Trinajstić information content (AvgIpc) is 2.36. The Labute approximate surface area is 112 Å². The summed E-state index contributed by atoms with van der Waals surface area (Å²) in [7, 11) is 0. The number of ether oxygens (including phenoxy) is 1. The Morgan fingerprint density at radius 3 is 2.70 bits per heavy atom. The van der Waals surface area contributed by atoms with Gasteiger partial charge in [0.15, 0.2) is 6.10 Å². The SMILES string of the molecule is C[C@@H](OC(=O)c1ccc2c(c1)CCC(=O)N2)C(F)(F)F. The van der Waals surface area contributed by atoms with Crippen molar-refractivity contribution in [1.82, 2.24) is 0 Å². The van der Waals surface area contributed by atoms with E-state index in [-0.39, 0.29) is 17.9 Å². The van der Waals surface area contributed by atoms with Gasteiger partial charge in [-0.15, -0.1) is 0 Å². The van der Waals surface area contributed by atoms with Crippen molar-refractivity contribution < 1.29 is 27.5 Å². The summed E-state index contributed by atoms with van der Waals surface area (Å²) in [6, 6.07) is 4.26. The maximum atomic E-state index is 12.3. The summed E-state index contributed by atoms with van der Waals surface area (Å²) in [5.74, 6) is -1.16. The first kappa shape index (κ1) is 14.4. The molecule has 0 aromatic heterocycles. The quantitative estimate of drug-likeness (QED) is 0.851. The number of aryl methyl sites for hydroxylation is 1. The Kier molecular flexibility index (Phi) is 3.69. The van der Waals surface area contributed by atoms with Crippen LogP contribution in [0.4, 0.5) is 18.9 Å². The molecule has 20 heavy (non-hydrogen) atoms. The lowest BCUT2D eigenvalue weighted by Gasteiger charge is -2.19. The van der Waals surface area contributed by atoms with Crippen LogP contribution in [-0.2, 0) is 16.0 Å². The second kappa shape index (κ2) is 5.15. The highest BCUT2D eigenvalue weighted by atomic mass is 19.4. The number of halogens is 3. The predicted octanol–water partition coefficient (Wildman–Crippen LogP) is 2.68. The number of fused-ring (bicyclic) bond motifs is 1. The van der Waals surface area contributed by atoms with Crippen LogP contribution in [0.2, 0.25) is 0 Å². The van der Waals surface area contributed by atoms with Crippen LogP contribution >= 0.6 is 0 Å². The molecule has 0 bridgehead atoms.